The van der Waals surface area contributed by atoms with Crippen LogP contribution in [0, 0.1) is 0 Å². The molecular weight excluding hydrogens is 282 g/mol. The highest BCUT2D eigenvalue weighted by molar-refractivity contribution is 9.10. The Bertz CT molecular complexity index is 391. The van der Waals surface area contributed by atoms with E-state index in [1.54, 1.807) is 4.90 Å². The molecule has 1 fully saturated rings. The zero-order valence-corrected chi connectivity index (χ0v) is 11.2. The minimum atomic E-state index is -0.349. The molecule has 2 rings (SSSR count). The molecule has 1 aromatic carbocycles. The molecule has 0 spiro atoms. The lowest BCUT2D eigenvalue weighted by molar-refractivity contribution is -0.133. The van der Waals surface area contributed by atoms with Crippen molar-refractivity contribution in [3.8, 4) is 0 Å². The highest BCUT2D eigenvalue weighted by Gasteiger charge is 2.21. The molecule has 0 aromatic heterocycles. The van der Waals surface area contributed by atoms with Crippen LogP contribution in [0.25, 0.3) is 0 Å². The second kappa shape index (κ2) is 5.65. The number of hydrogen-bond donors (Lipinski definition) is 1. The van der Waals surface area contributed by atoms with Crippen molar-refractivity contribution in [3.63, 3.8) is 0 Å². The quantitative estimate of drug-likeness (QED) is 0.907. The van der Waals surface area contributed by atoms with E-state index < -0.39 is 0 Å². The van der Waals surface area contributed by atoms with Crippen LogP contribution in [0.4, 0.5) is 0 Å². The highest BCUT2D eigenvalue weighted by Crippen LogP contribution is 2.14. The molecule has 1 heterocycles. The molecule has 0 aliphatic carbocycles. The molecule has 17 heavy (non-hydrogen) atoms. The third-order valence-electron chi connectivity index (χ3n) is 3.02. The predicted octanol–water partition coefficient (Wildman–Crippen LogP) is 1.97. The zero-order chi connectivity index (χ0) is 12.3. The van der Waals surface area contributed by atoms with E-state index in [-0.39, 0.29) is 12.0 Å². The molecule has 1 atom stereocenters. The maximum Gasteiger partial charge on any atom is 0.227 e. The van der Waals surface area contributed by atoms with Gasteiger partial charge in [-0.1, -0.05) is 28.1 Å². The first-order valence-corrected chi connectivity index (χ1v) is 6.65. The molecule has 1 aromatic rings. The summed E-state index contributed by atoms with van der Waals surface area (Å²) in [6, 6.07) is 7.77. The van der Waals surface area contributed by atoms with Gasteiger partial charge in [-0.3, -0.25) is 4.79 Å². The summed E-state index contributed by atoms with van der Waals surface area (Å²) in [5, 5.41) is 9.53. The van der Waals surface area contributed by atoms with Crippen molar-refractivity contribution >= 4 is 21.8 Å². The standard InChI is InChI=1S/C13H16BrNO2/c14-11-5-3-10(4-6-11)8-13(17)15-7-1-2-12(16)9-15/h3-6,12,16H,1-2,7-9H2/t12-/m0/s1. The Balaban J connectivity index is 1.94. The van der Waals surface area contributed by atoms with Gasteiger partial charge in [-0.2, -0.15) is 0 Å². The van der Waals surface area contributed by atoms with Crippen LogP contribution < -0.4 is 0 Å². The lowest BCUT2D eigenvalue weighted by Crippen LogP contribution is -2.42. The Kier molecular flexibility index (Phi) is 4.18. The summed E-state index contributed by atoms with van der Waals surface area (Å²) >= 11 is 3.37. The van der Waals surface area contributed by atoms with Crippen molar-refractivity contribution in [1.29, 1.82) is 0 Å². The summed E-state index contributed by atoms with van der Waals surface area (Å²) in [5.74, 6) is 0.103. The van der Waals surface area contributed by atoms with Gasteiger partial charge in [0.25, 0.3) is 0 Å². The van der Waals surface area contributed by atoms with E-state index in [4.69, 9.17) is 0 Å². The van der Waals surface area contributed by atoms with Gasteiger partial charge in [-0.15, -0.1) is 0 Å². The summed E-state index contributed by atoms with van der Waals surface area (Å²) < 4.78 is 1.02. The molecule has 0 saturated carbocycles. The molecule has 1 amide bonds. The van der Waals surface area contributed by atoms with Crippen LogP contribution in [0.15, 0.2) is 28.7 Å². The van der Waals surface area contributed by atoms with Crippen molar-refractivity contribution in [1.82, 2.24) is 4.90 Å². The fourth-order valence-corrected chi connectivity index (χ4v) is 2.33. The van der Waals surface area contributed by atoms with Gasteiger partial charge in [0.15, 0.2) is 0 Å². The topological polar surface area (TPSA) is 40.5 Å². The Morgan fingerprint density at radius 3 is 2.76 bits per heavy atom. The van der Waals surface area contributed by atoms with Crippen molar-refractivity contribution < 1.29 is 9.90 Å². The number of aliphatic hydroxyl groups excluding tert-OH is 1. The van der Waals surface area contributed by atoms with Crippen LogP contribution in [0.2, 0.25) is 0 Å². The van der Waals surface area contributed by atoms with Crippen molar-refractivity contribution in [2.75, 3.05) is 13.1 Å². The van der Waals surface area contributed by atoms with Gasteiger partial charge in [-0.05, 0) is 30.5 Å². The number of carbonyl (C=O) groups is 1. The molecule has 1 saturated heterocycles. The summed E-state index contributed by atoms with van der Waals surface area (Å²) in [6.07, 6.45) is 1.77. The van der Waals surface area contributed by atoms with Gasteiger partial charge < -0.3 is 10.0 Å². The number of β-amino-alcohol motifs (C(OH)–C–C–N with tert-alkyl or cyclic N) is 1. The maximum atomic E-state index is 12.0. The van der Waals surface area contributed by atoms with Gasteiger partial charge in [0, 0.05) is 17.6 Å². The molecule has 92 valence electrons. The fraction of sp³-hybridized carbons (Fsp3) is 0.462. The second-order valence-electron chi connectivity index (χ2n) is 4.44. The first-order chi connectivity index (χ1) is 8.15. The van der Waals surface area contributed by atoms with Crippen LogP contribution in [0.1, 0.15) is 18.4 Å². The van der Waals surface area contributed by atoms with Crippen molar-refractivity contribution in [2.24, 2.45) is 0 Å². The number of nitrogens with zero attached hydrogens (tertiary/aromatic N) is 1. The van der Waals surface area contributed by atoms with E-state index in [0.29, 0.717) is 13.0 Å². The average molecular weight is 298 g/mol. The normalized spacial score (nSPS) is 20.4. The third kappa shape index (κ3) is 3.54. The summed E-state index contributed by atoms with van der Waals surface area (Å²) in [7, 11) is 0. The number of carbonyl (C=O) groups excluding carboxylic acids is 1. The fourth-order valence-electron chi connectivity index (χ4n) is 2.07. The number of aliphatic hydroxyl groups is 1. The van der Waals surface area contributed by atoms with Gasteiger partial charge in [-0.25, -0.2) is 0 Å². The summed E-state index contributed by atoms with van der Waals surface area (Å²) in [6.45, 7) is 1.25. The molecule has 0 bridgehead atoms. The average Bonchev–Trinajstić information content (AvgIpc) is 2.32. The van der Waals surface area contributed by atoms with Gasteiger partial charge in [0.1, 0.15) is 0 Å². The Labute approximate surface area is 110 Å². The van der Waals surface area contributed by atoms with E-state index in [1.165, 1.54) is 0 Å². The molecule has 1 N–H and O–H groups in total. The first-order valence-electron chi connectivity index (χ1n) is 5.85. The number of amides is 1. The molecule has 0 unspecified atom stereocenters. The number of piperidine rings is 1. The van der Waals surface area contributed by atoms with E-state index in [0.717, 1.165) is 29.4 Å². The van der Waals surface area contributed by atoms with E-state index >= 15 is 0 Å². The number of benzene rings is 1. The number of hydrogen-bond acceptors (Lipinski definition) is 2. The lowest BCUT2D eigenvalue weighted by atomic mass is 10.1. The van der Waals surface area contributed by atoms with Gasteiger partial charge in [0.05, 0.1) is 12.5 Å². The van der Waals surface area contributed by atoms with Crippen LogP contribution in [-0.4, -0.2) is 35.1 Å². The monoisotopic (exact) mass is 297 g/mol. The van der Waals surface area contributed by atoms with E-state index in [1.807, 2.05) is 24.3 Å². The Hall–Kier alpha value is -0.870. The summed E-state index contributed by atoms with van der Waals surface area (Å²) in [4.78, 5) is 13.8. The van der Waals surface area contributed by atoms with Crippen LogP contribution in [0.5, 0.6) is 0 Å². The molecule has 4 heteroatoms. The van der Waals surface area contributed by atoms with E-state index in [9.17, 15) is 9.90 Å². The zero-order valence-electron chi connectivity index (χ0n) is 9.60. The molecule has 1 aliphatic rings. The molecular formula is C13H16BrNO2. The lowest BCUT2D eigenvalue weighted by Gasteiger charge is -2.30. The van der Waals surface area contributed by atoms with E-state index in [2.05, 4.69) is 15.9 Å². The number of halogens is 1. The first kappa shape index (κ1) is 12.6. The number of rotatable bonds is 2. The smallest absolute Gasteiger partial charge is 0.227 e. The van der Waals surface area contributed by atoms with Gasteiger partial charge >= 0.3 is 0 Å². The second-order valence-corrected chi connectivity index (χ2v) is 5.35. The Morgan fingerprint density at radius 2 is 2.12 bits per heavy atom. The van der Waals surface area contributed by atoms with Crippen molar-refractivity contribution in [3.05, 3.63) is 34.3 Å². The third-order valence-corrected chi connectivity index (χ3v) is 3.55. The van der Waals surface area contributed by atoms with Crippen LogP contribution in [0.3, 0.4) is 0 Å². The van der Waals surface area contributed by atoms with Crippen molar-refractivity contribution in [2.45, 2.75) is 25.4 Å². The summed E-state index contributed by atoms with van der Waals surface area (Å²) in [5.41, 5.74) is 1.01. The highest BCUT2D eigenvalue weighted by atomic mass is 79.9. The SMILES string of the molecule is O=C(Cc1ccc(Br)cc1)N1CCC[C@H](O)C1. The van der Waals surface area contributed by atoms with Crippen LogP contribution >= 0.6 is 15.9 Å². The predicted molar refractivity (Wildman–Crippen MR) is 69.7 cm³/mol. The minimum absolute atomic E-state index is 0.103. The number of likely N-dealkylation sites (tertiary alicyclic amines) is 1. The van der Waals surface area contributed by atoms with Gasteiger partial charge in [0.2, 0.25) is 5.91 Å². The molecule has 1 aliphatic heterocycles. The molecule has 0 radical (unpaired) electrons. The Morgan fingerprint density at radius 1 is 1.41 bits per heavy atom. The molecule has 3 nitrogen and oxygen atoms in total. The van der Waals surface area contributed by atoms with Crippen LogP contribution in [-0.2, 0) is 11.2 Å². The largest absolute Gasteiger partial charge is 0.391 e. The maximum absolute atomic E-state index is 12.0. The minimum Gasteiger partial charge on any atom is -0.391 e.